The minimum absolute atomic E-state index is 0.0107. The van der Waals surface area contributed by atoms with Crippen molar-refractivity contribution >= 4 is 28.8 Å². The van der Waals surface area contributed by atoms with Gasteiger partial charge < -0.3 is 10.2 Å². The van der Waals surface area contributed by atoms with Gasteiger partial charge in [-0.2, -0.15) is 0 Å². The third-order valence-electron chi connectivity index (χ3n) is 6.34. The van der Waals surface area contributed by atoms with E-state index in [9.17, 15) is 9.59 Å². The second kappa shape index (κ2) is 10.4. The number of amides is 2. The number of anilines is 1. The number of nitrogens with zero attached hydrogens (tertiary/aromatic N) is 3. The van der Waals surface area contributed by atoms with Crippen LogP contribution in [0.5, 0.6) is 0 Å². The summed E-state index contributed by atoms with van der Waals surface area (Å²) in [6.45, 7) is 6.80. The number of hydrogen-bond donors (Lipinski definition) is 1. The van der Waals surface area contributed by atoms with Crippen LogP contribution in [-0.2, 0) is 16.0 Å². The van der Waals surface area contributed by atoms with E-state index >= 15 is 0 Å². The lowest BCUT2D eigenvalue weighted by Crippen LogP contribution is -2.52. The highest BCUT2D eigenvalue weighted by atomic mass is 32.1. The molecule has 4 rings (SSSR count). The molecule has 2 fully saturated rings. The lowest BCUT2D eigenvalue weighted by atomic mass is 10.1. The Morgan fingerprint density at radius 1 is 1.03 bits per heavy atom. The average molecular weight is 441 g/mol. The molecule has 1 atom stereocenters. The maximum atomic E-state index is 12.9. The number of likely N-dealkylation sites (tertiary alicyclic amines) is 1. The molecule has 0 radical (unpaired) electrons. The van der Waals surface area contributed by atoms with Gasteiger partial charge >= 0.3 is 0 Å². The number of nitrogens with one attached hydrogen (secondary N) is 1. The fourth-order valence-corrected chi connectivity index (χ4v) is 5.49. The van der Waals surface area contributed by atoms with E-state index in [2.05, 4.69) is 39.6 Å². The lowest BCUT2D eigenvalue weighted by molar-refractivity contribution is -0.134. The molecule has 0 spiro atoms. The molecule has 1 aromatic heterocycles. The SMILES string of the molecule is CCc1ccccc1NC(=O)CN1CCN(C(=O)CN2CCC[C@@H]2c2cccs2)CC1. The third-order valence-corrected chi connectivity index (χ3v) is 7.31. The molecule has 6 nitrogen and oxygen atoms in total. The Morgan fingerprint density at radius 3 is 2.58 bits per heavy atom. The second-order valence-corrected chi connectivity index (χ2v) is 9.34. The first-order valence-corrected chi connectivity index (χ1v) is 12.2. The zero-order chi connectivity index (χ0) is 21.6. The summed E-state index contributed by atoms with van der Waals surface area (Å²) in [7, 11) is 0. The minimum atomic E-state index is 0.0107. The molecular weight excluding hydrogens is 408 g/mol. The maximum absolute atomic E-state index is 12.9. The average Bonchev–Trinajstić information content (AvgIpc) is 3.46. The largest absolute Gasteiger partial charge is 0.339 e. The highest BCUT2D eigenvalue weighted by molar-refractivity contribution is 7.10. The Balaban J connectivity index is 1.23. The Hall–Kier alpha value is -2.22. The Kier molecular flexibility index (Phi) is 7.37. The lowest BCUT2D eigenvalue weighted by Gasteiger charge is -2.35. The van der Waals surface area contributed by atoms with E-state index in [-0.39, 0.29) is 11.8 Å². The van der Waals surface area contributed by atoms with E-state index in [4.69, 9.17) is 0 Å². The number of aryl methyl sites for hydroxylation is 1. The molecule has 31 heavy (non-hydrogen) atoms. The van der Waals surface area contributed by atoms with Gasteiger partial charge in [-0.05, 0) is 48.9 Å². The smallest absolute Gasteiger partial charge is 0.238 e. The van der Waals surface area contributed by atoms with Crippen LogP contribution in [0.2, 0.25) is 0 Å². The highest BCUT2D eigenvalue weighted by Gasteiger charge is 2.30. The van der Waals surface area contributed by atoms with Crippen LogP contribution in [0.25, 0.3) is 0 Å². The quantitative estimate of drug-likeness (QED) is 0.718. The van der Waals surface area contributed by atoms with Crippen LogP contribution in [-0.4, -0.2) is 72.3 Å². The van der Waals surface area contributed by atoms with Crippen molar-refractivity contribution in [1.29, 1.82) is 0 Å². The molecule has 0 aliphatic carbocycles. The molecule has 0 saturated carbocycles. The number of rotatable bonds is 7. The molecule has 2 aliphatic rings. The van der Waals surface area contributed by atoms with Crippen molar-refractivity contribution in [3.05, 3.63) is 52.2 Å². The van der Waals surface area contributed by atoms with Gasteiger partial charge in [0.05, 0.1) is 13.1 Å². The molecule has 2 aliphatic heterocycles. The predicted octanol–water partition coefficient (Wildman–Crippen LogP) is 3.23. The number of carbonyl (C=O) groups excluding carboxylic acids is 2. The van der Waals surface area contributed by atoms with Crippen molar-refractivity contribution in [1.82, 2.24) is 14.7 Å². The first-order chi connectivity index (χ1) is 15.1. The molecule has 0 bridgehead atoms. The van der Waals surface area contributed by atoms with Gasteiger partial charge in [0, 0.05) is 42.8 Å². The van der Waals surface area contributed by atoms with Crippen LogP contribution in [0.15, 0.2) is 41.8 Å². The van der Waals surface area contributed by atoms with E-state index in [1.165, 1.54) is 4.88 Å². The van der Waals surface area contributed by atoms with Gasteiger partial charge in [0.2, 0.25) is 11.8 Å². The Labute approximate surface area is 188 Å². The van der Waals surface area contributed by atoms with Gasteiger partial charge in [0.1, 0.15) is 0 Å². The molecule has 166 valence electrons. The molecule has 2 amide bonds. The van der Waals surface area contributed by atoms with Gasteiger partial charge in [0.25, 0.3) is 0 Å². The summed E-state index contributed by atoms with van der Waals surface area (Å²) >= 11 is 1.78. The number of benzene rings is 1. The summed E-state index contributed by atoms with van der Waals surface area (Å²) in [5.41, 5.74) is 2.05. The number of piperazine rings is 1. The molecule has 1 aromatic carbocycles. The topological polar surface area (TPSA) is 55.9 Å². The van der Waals surface area contributed by atoms with E-state index in [1.807, 2.05) is 29.2 Å². The van der Waals surface area contributed by atoms with Gasteiger partial charge in [-0.15, -0.1) is 11.3 Å². The number of thiophene rings is 1. The molecule has 0 unspecified atom stereocenters. The minimum Gasteiger partial charge on any atom is -0.339 e. The monoisotopic (exact) mass is 440 g/mol. The number of carbonyl (C=O) groups is 2. The van der Waals surface area contributed by atoms with Gasteiger partial charge in [-0.25, -0.2) is 0 Å². The second-order valence-electron chi connectivity index (χ2n) is 8.36. The normalized spacial score (nSPS) is 20.2. The van der Waals surface area contributed by atoms with Crippen LogP contribution < -0.4 is 5.32 Å². The summed E-state index contributed by atoms with van der Waals surface area (Å²) in [6.07, 6.45) is 3.18. The number of hydrogen-bond acceptors (Lipinski definition) is 5. The van der Waals surface area contributed by atoms with Gasteiger partial charge in [-0.3, -0.25) is 19.4 Å². The Morgan fingerprint density at radius 2 is 1.84 bits per heavy atom. The summed E-state index contributed by atoms with van der Waals surface area (Å²) in [5.74, 6) is 0.223. The van der Waals surface area contributed by atoms with E-state index in [0.717, 1.165) is 50.1 Å². The fourth-order valence-electron chi connectivity index (χ4n) is 4.59. The van der Waals surface area contributed by atoms with Crippen LogP contribution >= 0.6 is 11.3 Å². The molecule has 7 heteroatoms. The molecule has 2 aromatic rings. The van der Waals surface area contributed by atoms with Crippen molar-refractivity contribution in [2.75, 3.05) is 51.1 Å². The van der Waals surface area contributed by atoms with Crippen molar-refractivity contribution in [3.63, 3.8) is 0 Å². The first kappa shape index (κ1) is 22.0. The zero-order valence-electron chi connectivity index (χ0n) is 18.3. The standard InChI is InChI=1S/C24H32N4O2S/c1-2-19-7-3-4-8-20(19)25-23(29)17-26-12-14-27(15-13-26)24(30)18-28-11-5-9-21(28)22-10-6-16-31-22/h3-4,6-8,10,16,21H,2,5,9,11-15,17-18H2,1H3,(H,25,29)/t21-/m1/s1. The maximum Gasteiger partial charge on any atom is 0.238 e. The summed E-state index contributed by atoms with van der Waals surface area (Å²) in [6, 6.07) is 12.6. The van der Waals surface area contributed by atoms with E-state index < -0.39 is 0 Å². The summed E-state index contributed by atoms with van der Waals surface area (Å²) in [4.78, 5) is 33.2. The molecule has 1 N–H and O–H groups in total. The van der Waals surface area contributed by atoms with Crippen LogP contribution in [0, 0.1) is 0 Å². The van der Waals surface area contributed by atoms with E-state index in [1.54, 1.807) is 11.3 Å². The van der Waals surface area contributed by atoms with Crippen molar-refractivity contribution in [3.8, 4) is 0 Å². The van der Waals surface area contributed by atoms with Crippen molar-refractivity contribution in [2.45, 2.75) is 32.2 Å². The molecular formula is C24H32N4O2S. The highest BCUT2D eigenvalue weighted by Crippen LogP contribution is 2.34. The Bertz CT molecular complexity index is 877. The van der Waals surface area contributed by atoms with Crippen LogP contribution in [0.1, 0.15) is 36.2 Å². The van der Waals surface area contributed by atoms with Crippen molar-refractivity contribution in [2.24, 2.45) is 0 Å². The van der Waals surface area contributed by atoms with E-state index in [0.29, 0.717) is 32.2 Å². The van der Waals surface area contributed by atoms with Crippen LogP contribution in [0.4, 0.5) is 5.69 Å². The zero-order valence-corrected chi connectivity index (χ0v) is 19.1. The molecule has 2 saturated heterocycles. The predicted molar refractivity (Wildman–Crippen MR) is 125 cm³/mol. The van der Waals surface area contributed by atoms with Gasteiger partial charge in [0.15, 0.2) is 0 Å². The van der Waals surface area contributed by atoms with Crippen LogP contribution in [0.3, 0.4) is 0 Å². The van der Waals surface area contributed by atoms with Crippen molar-refractivity contribution < 1.29 is 9.59 Å². The fraction of sp³-hybridized carbons (Fsp3) is 0.500. The number of para-hydroxylation sites is 1. The summed E-state index contributed by atoms with van der Waals surface area (Å²) < 4.78 is 0. The molecule has 3 heterocycles. The third kappa shape index (κ3) is 5.53. The van der Waals surface area contributed by atoms with Gasteiger partial charge in [-0.1, -0.05) is 31.2 Å². The first-order valence-electron chi connectivity index (χ1n) is 11.3. The summed E-state index contributed by atoms with van der Waals surface area (Å²) in [5, 5.41) is 5.16.